The van der Waals surface area contributed by atoms with Crippen LogP contribution in [0.5, 0.6) is 0 Å². The van der Waals surface area contributed by atoms with Gasteiger partial charge in [0.25, 0.3) is 0 Å². The number of unbranched alkanes of at least 4 members (excludes halogenated alkanes) is 1. The molecule has 4 amide bonds. The van der Waals surface area contributed by atoms with Gasteiger partial charge in [0.1, 0.15) is 18.1 Å². The number of carbonyl (C=O) groups is 5. The van der Waals surface area contributed by atoms with Crippen molar-refractivity contribution in [2.75, 3.05) is 19.6 Å². The average molecular weight is 814 g/mol. The second-order valence-electron chi connectivity index (χ2n) is 15.5. The highest BCUT2D eigenvalue weighted by Crippen LogP contribution is 2.23. The lowest BCUT2D eigenvalue weighted by molar-refractivity contribution is -0.146. The summed E-state index contributed by atoms with van der Waals surface area (Å²) in [6.45, 7) is 0.948. The van der Waals surface area contributed by atoms with Crippen LogP contribution >= 0.6 is 0 Å². The first kappa shape index (κ1) is 43.3. The van der Waals surface area contributed by atoms with Crippen molar-refractivity contribution in [3.05, 3.63) is 132 Å². The fraction of sp³-hybridized carbons (Fsp3) is 0.340. The standard InChI is InChI=1S/C47H55N7O6/c48-24-10-9-16-38(49)43(55)51-40(27-31-11-3-1-4-12-31)44(56)52-41(29-36-30-50-39-17-8-7-15-37(36)39)45(57)53-42(46(58)54-25-22-35(23-26-54)47(59)60)28-32-18-20-34(21-19-32)33-13-5-2-6-14-33/h1-8,11-15,17-21,30,35,38,40-42,50H,9-10,16,22-29,48-49H2,(H,51,55)(H,52,56)(H,53,57)(H,59,60)/t38-,40-,41+,42+/m0/s1. The van der Waals surface area contributed by atoms with Gasteiger partial charge in [-0.1, -0.05) is 110 Å². The average Bonchev–Trinajstić information content (AvgIpc) is 3.68. The van der Waals surface area contributed by atoms with E-state index in [0.29, 0.717) is 38.6 Å². The van der Waals surface area contributed by atoms with E-state index in [1.165, 1.54) is 0 Å². The smallest absolute Gasteiger partial charge is 0.306 e. The Morgan fingerprint density at radius 3 is 1.88 bits per heavy atom. The monoisotopic (exact) mass is 813 g/mol. The normalized spacial score (nSPS) is 15.1. The SMILES string of the molecule is NCCCC[C@H](N)C(=O)N[C@@H](Cc1ccccc1)C(=O)N[C@H](Cc1c[nH]c2ccccc12)C(=O)N[C@H](Cc1ccc(-c2ccccc2)cc1)C(=O)N1CCC(C(=O)O)CC1. The van der Waals surface area contributed by atoms with Crippen LogP contribution in [0.1, 0.15) is 48.8 Å². The first-order chi connectivity index (χ1) is 29.1. The molecule has 0 aliphatic carbocycles. The molecule has 2 heterocycles. The van der Waals surface area contributed by atoms with Gasteiger partial charge in [-0.25, -0.2) is 0 Å². The fourth-order valence-electron chi connectivity index (χ4n) is 7.72. The molecule has 60 heavy (non-hydrogen) atoms. The van der Waals surface area contributed by atoms with Crippen LogP contribution < -0.4 is 27.4 Å². The number of nitrogens with two attached hydrogens (primary N) is 2. The van der Waals surface area contributed by atoms with E-state index in [1.807, 2.05) is 109 Å². The zero-order valence-electron chi connectivity index (χ0n) is 33.7. The maximum absolute atomic E-state index is 14.7. The van der Waals surface area contributed by atoms with Crippen LogP contribution in [0, 0.1) is 5.92 Å². The number of aromatic nitrogens is 1. The highest BCUT2D eigenvalue weighted by molar-refractivity contribution is 5.96. The molecule has 0 radical (unpaired) electrons. The number of H-pyrrole nitrogens is 1. The molecule has 6 rings (SSSR count). The predicted molar refractivity (Wildman–Crippen MR) is 231 cm³/mol. The number of nitrogens with one attached hydrogen (secondary N) is 4. The van der Waals surface area contributed by atoms with Crippen molar-refractivity contribution in [1.29, 1.82) is 0 Å². The van der Waals surface area contributed by atoms with Gasteiger partial charge in [-0.15, -0.1) is 0 Å². The number of carboxylic acid groups (broad SMARTS) is 1. The Morgan fingerprint density at radius 1 is 0.667 bits per heavy atom. The third-order valence-corrected chi connectivity index (χ3v) is 11.2. The minimum Gasteiger partial charge on any atom is -0.481 e. The minimum absolute atomic E-state index is 0.0723. The number of piperidine rings is 1. The van der Waals surface area contributed by atoms with Crippen molar-refractivity contribution in [2.45, 2.75) is 75.5 Å². The summed E-state index contributed by atoms with van der Waals surface area (Å²) >= 11 is 0. The number of hydrogen-bond acceptors (Lipinski definition) is 7. The number of hydrogen-bond donors (Lipinski definition) is 7. The largest absolute Gasteiger partial charge is 0.481 e. The number of carbonyl (C=O) groups excluding carboxylic acids is 4. The summed E-state index contributed by atoms with van der Waals surface area (Å²) in [6, 6.07) is 30.4. The van der Waals surface area contributed by atoms with Crippen molar-refractivity contribution in [1.82, 2.24) is 25.8 Å². The van der Waals surface area contributed by atoms with Gasteiger partial charge in [0.15, 0.2) is 0 Å². The van der Waals surface area contributed by atoms with Crippen molar-refractivity contribution < 1.29 is 29.1 Å². The molecular formula is C47H55N7O6. The summed E-state index contributed by atoms with van der Waals surface area (Å²) in [7, 11) is 0. The molecule has 1 aromatic heterocycles. The highest BCUT2D eigenvalue weighted by atomic mass is 16.4. The minimum atomic E-state index is -1.17. The maximum atomic E-state index is 14.7. The first-order valence-corrected chi connectivity index (χ1v) is 20.7. The molecule has 0 spiro atoms. The topological polar surface area (TPSA) is 213 Å². The van der Waals surface area contributed by atoms with Crippen LogP contribution in [-0.4, -0.2) is 88.4 Å². The van der Waals surface area contributed by atoms with Gasteiger partial charge < -0.3 is 42.4 Å². The quantitative estimate of drug-likeness (QED) is 0.0602. The number of fused-ring (bicyclic) bond motifs is 1. The van der Waals surface area contributed by atoms with Gasteiger partial charge in [-0.2, -0.15) is 0 Å². The van der Waals surface area contributed by atoms with Crippen LogP contribution in [-0.2, 0) is 43.2 Å². The molecule has 1 saturated heterocycles. The molecule has 0 bridgehead atoms. The van der Waals surface area contributed by atoms with Crippen molar-refractivity contribution in [3.8, 4) is 11.1 Å². The maximum Gasteiger partial charge on any atom is 0.306 e. The molecule has 0 unspecified atom stereocenters. The van der Waals surface area contributed by atoms with Crippen LogP contribution in [0.3, 0.4) is 0 Å². The number of rotatable bonds is 19. The molecule has 4 atom stereocenters. The van der Waals surface area contributed by atoms with E-state index in [0.717, 1.165) is 38.7 Å². The van der Waals surface area contributed by atoms with Gasteiger partial charge in [-0.05, 0) is 66.1 Å². The molecule has 13 heteroatoms. The molecule has 1 aliphatic rings. The van der Waals surface area contributed by atoms with Gasteiger partial charge in [0.2, 0.25) is 23.6 Å². The van der Waals surface area contributed by atoms with E-state index in [2.05, 4.69) is 20.9 Å². The van der Waals surface area contributed by atoms with Crippen LogP contribution in [0.2, 0.25) is 0 Å². The predicted octanol–water partition coefficient (Wildman–Crippen LogP) is 4.10. The van der Waals surface area contributed by atoms with Gasteiger partial charge in [0.05, 0.1) is 12.0 Å². The lowest BCUT2D eigenvalue weighted by Crippen LogP contribution is -2.59. The van der Waals surface area contributed by atoms with Crippen LogP contribution in [0.4, 0.5) is 0 Å². The van der Waals surface area contributed by atoms with Crippen LogP contribution in [0.15, 0.2) is 115 Å². The van der Waals surface area contributed by atoms with Gasteiger partial charge in [0, 0.05) is 49.5 Å². The van der Waals surface area contributed by atoms with Crippen molar-refractivity contribution >= 4 is 40.5 Å². The second kappa shape index (κ2) is 21.1. The van der Waals surface area contributed by atoms with E-state index in [1.54, 1.807) is 11.1 Å². The summed E-state index contributed by atoms with van der Waals surface area (Å²) < 4.78 is 0. The fourth-order valence-corrected chi connectivity index (χ4v) is 7.72. The number of amides is 4. The number of carboxylic acids is 1. The number of nitrogens with zero attached hydrogens (tertiary/aromatic N) is 1. The third-order valence-electron chi connectivity index (χ3n) is 11.2. The van der Waals surface area contributed by atoms with E-state index < -0.39 is 53.8 Å². The van der Waals surface area contributed by atoms with E-state index >= 15 is 0 Å². The third kappa shape index (κ3) is 11.7. The Kier molecular flexibility index (Phi) is 15.2. The van der Waals surface area contributed by atoms with Crippen molar-refractivity contribution in [2.24, 2.45) is 17.4 Å². The number of likely N-dealkylation sites (tertiary alicyclic amines) is 1. The zero-order valence-corrected chi connectivity index (χ0v) is 33.7. The molecule has 4 aromatic carbocycles. The summed E-state index contributed by atoms with van der Waals surface area (Å²) in [5, 5.41) is 19.3. The summed E-state index contributed by atoms with van der Waals surface area (Å²) in [5.41, 5.74) is 17.1. The van der Waals surface area contributed by atoms with Crippen LogP contribution in [0.25, 0.3) is 22.0 Å². The lowest BCUT2D eigenvalue weighted by Gasteiger charge is -2.33. The number of aliphatic carboxylic acids is 1. The Labute approximate surface area is 350 Å². The number of benzene rings is 4. The number of para-hydroxylation sites is 1. The van der Waals surface area contributed by atoms with E-state index in [9.17, 15) is 29.1 Å². The molecule has 314 valence electrons. The Morgan fingerprint density at radius 2 is 1.22 bits per heavy atom. The second-order valence-corrected chi connectivity index (χ2v) is 15.5. The summed E-state index contributed by atoms with van der Waals surface area (Å²) in [4.78, 5) is 73.3. The van der Waals surface area contributed by atoms with Gasteiger partial charge >= 0.3 is 5.97 Å². The first-order valence-electron chi connectivity index (χ1n) is 20.7. The molecular weight excluding hydrogens is 759 g/mol. The van der Waals surface area contributed by atoms with E-state index in [4.69, 9.17) is 11.5 Å². The molecule has 9 N–H and O–H groups in total. The highest BCUT2D eigenvalue weighted by Gasteiger charge is 2.35. The summed E-state index contributed by atoms with van der Waals surface area (Å²) in [6.07, 6.45) is 4.53. The summed E-state index contributed by atoms with van der Waals surface area (Å²) in [5.74, 6) is -3.44. The zero-order chi connectivity index (χ0) is 42.4. The molecule has 1 fully saturated rings. The molecule has 1 aliphatic heterocycles. The van der Waals surface area contributed by atoms with Gasteiger partial charge in [-0.3, -0.25) is 24.0 Å². The Hall–Kier alpha value is -6.31. The molecule has 13 nitrogen and oxygen atoms in total. The Bertz CT molecular complexity index is 2200. The Balaban J connectivity index is 1.28. The van der Waals surface area contributed by atoms with Crippen molar-refractivity contribution in [3.63, 3.8) is 0 Å². The molecule has 0 saturated carbocycles. The van der Waals surface area contributed by atoms with E-state index in [-0.39, 0.29) is 38.3 Å². The molecule has 5 aromatic rings. The lowest BCUT2D eigenvalue weighted by atomic mass is 9.95. The number of aromatic amines is 1.